The monoisotopic (exact) mass is 399 g/mol. The largest absolute Gasteiger partial charge is 0.378 e. The number of halogens is 1. The lowest BCUT2D eigenvalue weighted by Gasteiger charge is -2.28. The van der Waals surface area contributed by atoms with E-state index in [-0.39, 0.29) is 6.04 Å². The molecule has 2 N–H and O–H groups in total. The molecule has 152 valence electrons. The average Bonchev–Trinajstić information content (AvgIpc) is 3.13. The van der Waals surface area contributed by atoms with Crippen LogP contribution in [0, 0.1) is 5.82 Å². The van der Waals surface area contributed by atoms with E-state index < -0.39 is 5.82 Å². The fourth-order valence-corrected chi connectivity index (χ4v) is 2.93. The van der Waals surface area contributed by atoms with E-state index in [4.69, 9.17) is 4.74 Å². The van der Waals surface area contributed by atoms with Gasteiger partial charge in [0, 0.05) is 32.4 Å². The van der Waals surface area contributed by atoms with Crippen LogP contribution >= 0.6 is 0 Å². The van der Waals surface area contributed by atoms with Gasteiger partial charge in [-0.1, -0.05) is 0 Å². The first kappa shape index (κ1) is 19.0. The van der Waals surface area contributed by atoms with Gasteiger partial charge in [0.1, 0.15) is 23.3 Å². The maximum absolute atomic E-state index is 13.1. The summed E-state index contributed by atoms with van der Waals surface area (Å²) in [4.78, 5) is 23.6. The Morgan fingerprint density at radius 1 is 1.10 bits per heavy atom. The standard InChI is InChI=1S/C18H22FN9O/c1-12(17-20-8-13(19)9-21-17)23-18-25-14(24-15-10-27(2)11-22-15)7-16(26-18)28-3-5-29-6-4-28/h7-12H,3-6H2,1-2H3,(H2,23,24,25,26)/t12-/m0/s1. The van der Waals surface area contributed by atoms with Crippen molar-refractivity contribution < 1.29 is 9.13 Å². The van der Waals surface area contributed by atoms with Gasteiger partial charge in [-0.2, -0.15) is 9.97 Å². The Kier molecular flexibility index (Phi) is 5.47. The smallest absolute Gasteiger partial charge is 0.227 e. The zero-order valence-electron chi connectivity index (χ0n) is 16.2. The molecule has 29 heavy (non-hydrogen) atoms. The molecule has 1 fully saturated rings. The molecule has 0 spiro atoms. The van der Waals surface area contributed by atoms with Gasteiger partial charge >= 0.3 is 0 Å². The SMILES string of the molecule is C[C@H](Nc1nc(Nc2cn(C)cn2)cc(N2CCOCC2)n1)c1ncc(F)cn1. The van der Waals surface area contributed by atoms with Crippen molar-refractivity contribution >= 4 is 23.4 Å². The van der Waals surface area contributed by atoms with Crippen molar-refractivity contribution in [1.82, 2.24) is 29.5 Å². The highest BCUT2D eigenvalue weighted by Gasteiger charge is 2.17. The second-order valence-corrected chi connectivity index (χ2v) is 6.71. The Bertz CT molecular complexity index is 956. The van der Waals surface area contributed by atoms with Crippen LogP contribution in [0.4, 0.5) is 27.8 Å². The summed E-state index contributed by atoms with van der Waals surface area (Å²) in [6.45, 7) is 4.65. The first-order valence-electron chi connectivity index (χ1n) is 9.27. The van der Waals surface area contributed by atoms with Crippen LogP contribution in [-0.4, -0.2) is 55.8 Å². The molecule has 3 aromatic rings. The van der Waals surface area contributed by atoms with E-state index in [2.05, 4.69) is 40.5 Å². The number of rotatable bonds is 6. The quantitative estimate of drug-likeness (QED) is 0.643. The Morgan fingerprint density at radius 2 is 1.86 bits per heavy atom. The van der Waals surface area contributed by atoms with Crippen LogP contribution < -0.4 is 15.5 Å². The molecule has 10 nitrogen and oxygen atoms in total. The Morgan fingerprint density at radius 3 is 2.55 bits per heavy atom. The highest BCUT2D eigenvalue weighted by Crippen LogP contribution is 2.23. The van der Waals surface area contributed by atoms with Gasteiger partial charge in [-0.3, -0.25) is 0 Å². The van der Waals surface area contributed by atoms with Crippen molar-refractivity contribution in [3.8, 4) is 0 Å². The molecule has 4 heterocycles. The lowest BCUT2D eigenvalue weighted by molar-refractivity contribution is 0.122. The number of hydrogen-bond donors (Lipinski definition) is 2. The number of anilines is 4. The third kappa shape index (κ3) is 4.74. The summed E-state index contributed by atoms with van der Waals surface area (Å²) < 4.78 is 20.4. The molecule has 4 rings (SSSR count). The topological polar surface area (TPSA) is 106 Å². The van der Waals surface area contributed by atoms with Crippen molar-refractivity contribution in [1.29, 1.82) is 0 Å². The number of nitrogens with one attached hydrogen (secondary N) is 2. The van der Waals surface area contributed by atoms with Crippen LogP contribution in [0.5, 0.6) is 0 Å². The summed E-state index contributed by atoms with van der Waals surface area (Å²) in [5, 5.41) is 6.40. The molecule has 0 unspecified atom stereocenters. The number of nitrogens with zero attached hydrogens (tertiary/aromatic N) is 7. The summed E-state index contributed by atoms with van der Waals surface area (Å²) in [6.07, 6.45) is 5.84. The van der Waals surface area contributed by atoms with Gasteiger partial charge < -0.3 is 24.8 Å². The first-order chi connectivity index (χ1) is 14.1. The molecule has 0 aromatic carbocycles. The summed E-state index contributed by atoms with van der Waals surface area (Å²) in [6, 6.07) is 1.57. The van der Waals surface area contributed by atoms with Crippen LogP contribution in [0.25, 0.3) is 0 Å². The normalized spacial score (nSPS) is 15.2. The third-order valence-corrected chi connectivity index (χ3v) is 4.38. The van der Waals surface area contributed by atoms with Gasteiger partial charge in [-0.05, 0) is 6.92 Å². The van der Waals surface area contributed by atoms with Crippen LogP contribution in [0.2, 0.25) is 0 Å². The Balaban J connectivity index is 1.60. The highest BCUT2D eigenvalue weighted by atomic mass is 19.1. The lowest BCUT2D eigenvalue weighted by atomic mass is 10.3. The van der Waals surface area contributed by atoms with Crippen LogP contribution in [0.3, 0.4) is 0 Å². The lowest BCUT2D eigenvalue weighted by Crippen LogP contribution is -2.37. The molecule has 0 saturated carbocycles. The van der Waals surface area contributed by atoms with Gasteiger partial charge in [0.15, 0.2) is 5.82 Å². The molecule has 11 heteroatoms. The number of imidazole rings is 1. The molecule has 1 aliphatic heterocycles. The molecule has 0 bridgehead atoms. The van der Waals surface area contributed by atoms with Crippen molar-refractivity contribution in [3.63, 3.8) is 0 Å². The van der Waals surface area contributed by atoms with E-state index in [0.29, 0.717) is 36.6 Å². The van der Waals surface area contributed by atoms with Gasteiger partial charge in [-0.25, -0.2) is 19.3 Å². The molecule has 0 amide bonds. The molecule has 0 aliphatic carbocycles. The minimum absolute atomic E-state index is 0.307. The first-order valence-corrected chi connectivity index (χ1v) is 9.27. The highest BCUT2D eigenvalue weighted by molar-refractivity contribution is 5.59. The third-order valence-electron chi connectivity index (χ3n) is 4.38. The van der Waals surface area contributed by atoms with E-state index in [1.165, 1.54) is 0 Å². The van der Waals surface area contributed by atoms with Crippen LogP contribution in [-0.2, 0) is 11.8 Å². The van der Waals surface area contributed by atoms with E-state index in [9.17, 15) is 4.39 Å². The fourth-order valence-electron chi connectivity index (χ4n) is 2.93. The van der Waals surface area contributed by atoms with E-state index in [1.807, 2.05) is 30.8 Å². The summed E-state index contributed by atoms with van der Waals surface area (Å²) in [5.41, 5.74) is 0. The van der Waals surface area contributed by atoms with Gasteiger partial charge in [0.25, 0.3) is 0 Å². The second-order valence-electron chi connectivity index (χ2n) is 6.71. The number of aromatic nitrogens is 6. The zero-order chi connectivity index (χ0) is 20.2. The summed E-state index contributed by atoms with van der Waals surface area (Å²) in [7, 11) is 1.90. The number of aryl methyl sites for hydroxylation is 1. The minimum atomic E-state index is -0.478. The van der Waals surface area contributed by atoms with E-state index in [0.717, 1.165) is 31.3 Å². The summed E-state index contributed by atoms with van der Waals surface area (Å²) >= 11 is 0. The maximum Gasteiger partial charge on any atom is 0.227 e. The molecule has 1 atom stereocenters. The molecule has 1 saturated heterocycles. The number of ether oxygens (including phenoxy) is 1. The predicted octanol–water partition coefficient (Wildman–Crippen LogP) is 1.89. The minimum Gasteiger partial charge on any atom is -0.378 e. The molecule has 3 aromatic heterocycles. The van der Waals surface area contributed by atoms with Crippen molar-refractivity contribution in [3.05, 3.63) is 42.6 Å². The zero-order valence-corrected chi connectivity index (χ0v) is 16.2. The van der Waals surface area contributed by atoms with Crippen LogP contribution in [0.15, 0.2) is 31.0 Å². The fraction of sp³-hybridized carbons (Fsp3) is 0.389. The molecular weight excluding hydrogens is 377 g/mol. The molecular formula is C18H22FN9O. The number of hydrogen-bond acceptors (Lipinski definition) is 9. The van der Waals surface area contributed by atoms with E-state index >= 15 is 0 Å². The average molecular weight is 399 g/mol. The van der Waals surface area contributed by atoms with Gasteiger partial charge in [0.05, 0.1) is 38.0 Å². The molecule has 1 aliphatic rings. The predicted molar refractivity (Wildman–Crippen MR) is 106 cm³/mol. The maximum atomic E-state index is 13.1. The van der Waals surface area contributed by atoms with Crippen LogP contribution in [0.1, 0.15) is 18.8 Å². The van der Waals surface area contributed by atoms with Gasteiger partial charge in [-0.15, -0.1) is 0 Å². The molecule has 0 radical (unpaired) electrons. The number of morpholine rings is 1. The summed E-state index contributed by atoms with van der Waals surface area (Å²) in [5.74, 6) is 2.44. The van der Waals surface area contributed by atoms with Crippen molar-refractivity contribution in [2.24, 2.45) is 7.05 Å². The van der Waals surface area contributed by atoms with E-state index in [1.54, 1.807) is 6.33 Å². The van der Waals surface area contributed by atoms with Crippen molar-refractivity contribution in [2.45, 2.75) is 13.0 Å². The van der Waals surface area contributed by atoms with Crippen molar-refractivity contribution in [2.75, 3.05) is 41.8 Å². The second kappa shape index (κ2) is 8.35. The Labute approximate surface area is 167 Å². The van der Waals surface area contributed by atoms with Gasteiger partial charge in [0.2, 0.25) is 5.95 Å². The Hall–Kier alpha value is -3.34.